The minimum Gasteiger partial charge on any atom is -0.487 e. The summed E-state index contributed by atoms with van der Waals surface area (Å²) < 4.78 is 51.4. The molecule has 0 saturated heterocycles. The maximum atomic E-state index is 13.3. The fraction of sp³-hybridized carbons (Fsp3) is 0.167. The summed E-state index contributed by atoms with van der Waals surface area (Å²) in [6.45, 7) is 3.63. The molecule has 0 aliphatic heterocycles. The molecule has 33 heavy (non-hydrogen) atoms. The minimum absolute atomic E-state index is 0.105. The van der Waals surface area contributed by atoms with Crippen LogP contribution in [0.5, 0.6) is 17.2 Å². The Labute approximate surface area is 188 Å². The maximum Gasteiger partial charge on any atom is 0.416 e. The van der Waals surface area contributed by atoms with Gasteiger partial charge in [0.1, 0.15) is 5.75 Å². The molecule has 9 heteroatoms. The lowest BCUT2D eigenvalue weighted by atomic mass is 10.1. The van der Waals surface area contributed by atoms with Crippen LogP contribution in [0.4, 0.5) is 18.9 Å². The molecule has 0 atom stereocenters. The van der Waals surface area contributed by atoms with Crippen LogP contribution < -0.4 is 20.5 Å². The van der Waals surface area contributed by atoms with Crippen molar-refractivity contribution in [2.24, 2.45) is 5.73 Å². The van der Waals surface area contributed by atoms with Crippen molar-refractivity contribution in [2.45, 2.75) is 26.1 Å². The lowest BCUT2D eigenvalue weighted by molar-refractivity contribution is -0.137. The van der Waals surface area contributed by atoms with Gasteiger partial charge in [-0.15, -0.1) is 0 Å². The number of para-hydroxylation sites is 2. The first kappa shape index (κ1) is 23.6. The zero-order valence-electron chi connectivity index (χ0n) is 17.8. The normalized spacial score (nSPS) is 11.2. The van der Waals surface area contributed by atoms with Gasteiger partial charge in [-0.2, -0.15) is 13.2 Å². The van der Waals surface area contributed by atoms with Gasteiger partial charge in [0, 0.05) is 11.3 Å². The lowest BCUT2D eigenvalue weighted by Gasteiger charge is -2.17. The molecule has 0 heterocycles. The van der Waals surface area contributed by atoms with Crippen LogP contribution in [0.15, 0.2) is 66.7 Å². The van der Waals surface area contributed by atoms with Gasteiger partial charge in [-0.05, 0) is 62.4 Å². The third-order valence-corrected chi connectivity index (χ3v) is 4.39. The Balaban J connectivity index is 2.00. The van der Waals surface area contributed by atoms with Crippen LogP contribution in [0.1, 0.15) is 40.1 Å². The van der Waals surface area contributed by atoms with Crippen LogP contribution >= 0.6 is 0 Å². The third-order valence-electron chi connectivity index (χ3n) is 4.39. The molecule has 0 bridgehead atoms. The third kappa shape index (κ3) is 6.03. The molecule has 0 radical (unpaired) electrons. The summed E-state index contributed by atoms with van der Waals surface area (Å²) in [7, 11) is 0. The van der Waals surface area contributed by atoms with E-state index >= 15 is 0 Å². The number of nitrogens with one attached hydrogen (secondary N) is 1. The minimum atomic E-state index is -4.67. The number of primary amides is 1. The Bertz CT molecular complexity index is 1180. The van der Waals surface area contributed by atoms with Gasteiger partial charge < -0.3 is 20.5 Å². The zero-order chi connectivity index (χ0) is 24.2. The zero-order valence-corrected chi connectivity index (χ0v) is 17.8. The molecular formula is C24H21F3N2O4. The molecule has 172 valence electrons. The topological polar surface area (TPSA) is 90.7 Å². The molecule has 3 aromatic carbocycles. The molecule has 2 amide bonds. The molecule has 0 aliphatic rings. The summed E-state index contributed by atoms with van der Waals surface area (Å²) >= 11 is 0. The summed E-state index contributed by atoms with van der Waals surface area (Å²) in [5.74, 6) is -1.08. The first-order valence-electron chi connectivity index (χ1n) is 9.90. The highest BCUT2D eigenvalue weighted by molar-refractivity contribution is 6.07. The molecule has 0 saturated carbocycles. The van der Waals surface area contributed by atoms with Gasteiger partial charge in [0.05, 0.1) is 17.2 Å². The first-order chi connectivity index (χ1) is 15.5. The summed E-state index contributed by atoms with van der Waals surface area (Å²) in [6, 6.07) is 14.9. The average molecular weight is 458 g/mol. The number of hydrogen-bond acceptors (Lipinski definition) is 4. The Hall–Kier alpha value is -4.01. The van der Waals surface area contributed by atoms with Crippen molar-refractivity contribution in [3.63, 3.8) is 0 Å². The smallest absolute Gasteiger partial charge is 0.416 e. The number of halogens is 3. The standard InChI is InChI=1S/C24H21F3N2O4/c1-14(2)32-20-8-3-4-9-21(20)33-19-11-10-16(24(25,26)27)13-18(19)23(31)29-17-7-5-6-15(12-17)22(28)30/h3-14H,1-2H3,(H2,28,30)(H,29,31). The number of anilines is 1. The van der Waals surface area contributed by atoms with Gasteiger partial charge in [-0.1, -0.05) is 18.2 Å². The summed E-state index contributed by atoms with van der Waals surface area (Å²) in [5.41, 5.74) is 4.19. The van der Waals surface area contributed by atoms with Crippen LogP contribution in [0.3, 0.4) is 0 Å². The quantitative estimate of drug-likeness (QED) is 0.480. The number of alkyl halides is 3. The van der Waals surface area contributed by atoms with E-state index in [0.717, 1.165) is 12.1 Å². The number of amides is 2. The molecule has 0 aromatic heterocycles. The van der Waals surface area contributed by atoms with Gasteiger partial charge in [0.2, 0.25) is 5.91 Å². The van der Waals surface area contributed by atoms with E-state index in [-0.39, 0.29) is 34.4 Å². The predicted octanol–water partition coefficient (Wildman–Crippen LogP) is 5.64. The second kappa shape index (κ2) is 9.64. The SMILES string of the molecule is CC(C)Oc1ccccc1Oc1ccc(C(F)(F)F)cc1C(=O)Nc1cccc(C(N)=O)c1. The highest BCUT2D eigenvalue weighted by Crippen LogP contribution is 2.37. The van der Waals surface area contributed by atoms with E-state index in [1.165, 1.54) is 24.3 Å². The Morgan fingerprint density at radius 1 is 0.909 bits per heavy atom. The molecule has 0 unspecified atom stereocenters. The molecule has 0 spiro atoms. The lowest BCUT2D eigenvalue weighted by Crippen LogP contribution is -2.16. The summed E-state index contributed by atoms with van der Waals surface area (Å²) in [5, 5.41) is 2.48. The van der Waals surface area contributed by atoms with Crippen LogP contribution in [0.25, 0.3) is 0 Å². The van der Waals surface area contributed by atoms with Crippen molar-refractivity contribution in [3.8, 4) is 17.2 Å². The number of benzene rings is 3. The number of hydrogen-bond donors (Lipinski definition) is 2. The second-order valence-electron chi connectivity index (χ2n) is 7.32. The maximum absolute atomic E-state index is 13.3. The predicted molar refractivity (Wildman–Crippen MR) is 117 cm³/mol. The van der Waals surface area contributed by atoms with E-state index in [2.05, 4.69) is 5.32 Å². The highest BCUT2D eigenvalue weighted by Gasteiger charge is 2.32. The average Bonchev–Trinajstić information content (AvgIpc) is 2.74. The molecule has 6 nitrogen and oxygen atoms in total. The first-order valence-corrected chi connectivity index (χ1v) is 9.90. The monoisotopic (exact) mass is 458 g/mol. The number of ether oxygens (including phenoxy) is 2. The van der Waals surface area contributed by atoms with Crippen LogP contribution in [-0.4, -0.2) is 17.9 Å². The van der Waals surface area contributed by atoms with Crippen molar-refractivity contribution < 1.29 is 32.2 Å². The number of carbonyl (C=O) groups excluding carboxylic acids is 2. The van der Waals surface area contributed by atoms with E-state index in [1.807, 2.05) is 13.8 Å². The van der Waals surface area contributed by atoms with Crippen molar-refractivity contribution in [3.05, 3.63) is 83.4 Å². The molecule has 3 aromatic rings. The molecule has 3 N–H and O–H groups in total. The largest absolute Gasteiger partial charge is 0.487 e. The number of nitrogens with two attached hydrogens (primary N) is 1. The Morgan fingerprint density at radius 3 is 2.24 bits per heavy atom. The fourth-order valence-corrected chi connectivity index (χ4v) is 2.93. The van der Waals surface area contributed by atoms with Gasteiger partial charge in [0.25, 0.3) is 5.91 Å². The van der Waals surface area contributed by atoms with Crippen molar-refractivity contribution in [1.29, 1.82) is 0 Å². The number of rotatable bonds is 7. The molecule has 0 aliphatic carbocycles. The van der Waals surface area contributed by atoms with Crippen molar-refractivity contribution in [1.82, 2.24) is 0 Å². The van der Waals surface area contributed by atoms with Gasteiger partial charge in [-0.3, -0.25) is 9.59 Å². The molecule has 3 rings (SSSR count). The van der Waals surface area contributed by atoms with E-state index in [0.29, 0.717) is 11.8 Å². The van der Waals surface area contributed by atoms with E-state index in [1.54, 1.807) is 24.3 Å². The number of carbonyl (C=O) groups is 2. The van der Waals surface area contributed by atoms with Gasteiger partial charge in [0.15, 0.2) is 11.5 Å². The Morgan fingerprint density at radius 2 is 1.61 bits per heavy atom. The van der Waals surface area contributed by atoms with Crippen LogP contribution in [0.2, 0.25) is 0 Å². The van der Waals surface area contributed by atoms with Crippen molar-refractivity contribution in [2.75, 3.05) is 5.32 Å². The summed E-state index contributed by atoms with van der Waals surface area (Å²) in [4.78, 5) is 24.3. The van der Waals surface area contributed by atoms with E-state index in [4.69, 9.17) is 15.2 Å². The second-order valence-corrected chi connectivity index (χ2v) is 7.32. The Kier molecular flexibility index (Phi) is 6.91. The van der Waals surface area contributed by atoms with Crippen LogP contribution in [-0.2, 0) is 6.18 Å². The van der Waals surface area contributed by atoms with E-state index in [9.17, 15) is 22.8 Å². The summed E-state index contributed by atoms with van der Waals surface area (Å²) in [6.07, 6.45) is -4.85. The fourth-order valence-electron chi connectivity index (χ4n) is 2.93. The van der Waals surface area contributed by atoms with Gasteiger partial charge in [-0.25, -0.2) is 0 Å². The van der Waals surface area contributed by atoms with Crippen molar-refractivity contribution >= 4 is 17.5 Å². The van der Waals surface area contributed by atoms with Gasteiger partial charge >= 0.3 is 6.18 Å². The molecule has 0 fully saturated rings. The van der Waals surface area contributed by atoms with E-state index < -0.39 is 23.6 Å². The molecular weight excluding hydrogens is 437 g/mol. The van der Waals surface area contributed by atoms with Crippen LogP contribution in [0, 0.1) is 0 Å². The highest BCUT2D eigenvalue weighted by atomic mass is 19.4.